The van der Waals surface area contributed by atoms with Gasteiger partial charge in [-0.15, -0.1) is 0 Å². The fraction of sp³-hybridized carbons (Fsp3) is 0.917. The minimum absolute atomic E-state index is 0.0544. The number of carbonyl (C=O) groups excluding carboxylic acids is 1. The lowest BCUT2D eigenvalue weighted by Gasteiger charge is -2.44. The second kappa shape index (κ2) is 3.11. The van der Waals surface area contributed by atoms with Gasteiger partial charge in [-0.3, -0.25) is 4.79 Å². The number of carbonyl (C=O) groups is 1. The van der Waals surface area contributed by atoms with E-state index >= 15 is 0 Å². The van der Waals surface area contributed by atoms with E-state index in [-0.39, 0.29) is 5.41 Å². The van der Waals surface area contributed by atoms with Gasteiger partial charge in [0.1, 0.15) is 5.78 Å². The third-order valence-electron chi connectivity index (χ3n) is 3.42. The van der Waals surface area contributed by atoms with Gasteiger partial charge in [-0.05, 0) is 37.5 Å². The molecule has 13 heavy (non-hydrogen) atoms. The lowest BCUT2D eigenvalue weighted by molar-refractivity contribution is -0.130. The fourth-order valence-electron chi connectivity index (χ4n) is 3.25. The first-order chi connectivity index (χ1) is 5.75. The highest BCUT2D eigenvalue weighted by molar-refractivity contribution is 5.82. The standard InChI is InChI=1S/C12H22O/c1-9-6-11(3,4)8-12(5,7-9)10(2)13/h9H,6-8H2,1-5H3. The minimum atomic E-state index is -0.0544. The van der Waals surface area contributed by atoms with E-state index in [1.165, 1.54) is 6.42 Å². The van der Waals surface area contributed by atoms with E-state index in [1.54, 1.807) is 6.92 Å². The summed E-state index contributed by atoms with van der Waals surface area (Å²) in [5.41, 5.74) is 0.291. The first-order valence-corrected chi connectivity index (χ1v) is 5.26. The van der Waals surface area contributed by atoms with E-state index in [1.807, 2.05) is 0 Å². The van der Waals surface area contributed by atoms with Crippen LogP contribution in [0.3, 0.4) is 0 Å². The van der Waals surface area contributed by atoms with Crippen LogP contribution in [0.2, 0.25) is 0 Å². The van der Waals surface area contributed by atoms with Gasteiger partial charge in [0, 0.05) is 5.41 Å². The molecule has 1 fully saturated rings. The topological polar surface area (TPSA) is 17.1 Å². The van der Waals surface area contributed by atoms with Crippen molar-refractivity contribution < 1.29 is 4.79 Å². The number of rotatable bonds is 1. The van der Waals surface area contributed by atoms with Crippen LogP contribution in [0.4, 0.5) is 0 Å². The predicted octanol–water partition coefficient (Wildman–Crippen LogP) is 3.43. The molecule has 0 heterocycles. The molecule has 1 rings (SSSR count). The van der Waals surface area contributed by atoms with Gasteiger partial charge in [-0.2, -0.15) is 0 Å². The monoisotopic (exact) mass is 182 g/mol. The second-order valence-electron chi connectivity index (χ2n) is 5.97. The Bertz CT molecular complexity index is 217. The molecule has 1 nitrogen and oxygen atoms in total. The van der Waals surface area contributed by atoms with Crippen LogP contribution in [-0.4, -0.2) is 5.78 Å². The summed E-state index contributed by atoms with van der Waals surface area (Å²) in [5, 5.41) is 0. The molecule has 1 aliphatic carbocycles. The molecule has 0 aliphatic heterocycles. The number of ketones is 1. The third-order valence-corrected chi connectivity index (χ3v) is 3.42. The van der Waals surface area contributed by atoms with Gasteiger partial charge in [-0.25, -0.2) is 0 Å². The van der Waals surface area contributed by atoms with Gasteiger partial charge in [0.05, 0.1) is 0 Å². The Morgan fingerprint density at radius 1 is 1.23 bits per heavy atom. The first-order valence-electron chi connectivity index (χ1n) is 5.26. The molecule has 2 unspecified atom stereocenters. The van der Waals surface area contributed by atoms with Crippen LogP contribution in [0.5, 0.6) is 0 Å². The molecule has 1 saturated carbocycles. The van der Waals surface area contributed by atoms with Crippen molar-refractivity contribution in [3.8, 4) is 0 Å². The van der Waals surface area contributed by atoms with Crippen LogP contribution in [-0.2, 0) is 4.79 Å². The van der Waals surface area contributed by atoms with Crippen LogP contribution in [0.1, 0.15) is 53.9 Å². The number of hydrogen-bond acceptors (Lipinski definition) is 1. The van der Waals surface area contributed by atoms with E-state index in [2.05, 4.69) is 27.7 Å². The maximum Gasteiger partial charge on any atom is 0.135 e. The molecular formula is C12H22O. The summed E-state index contributed by atoms with van der Waals surface area (Å²) in [7, 11) is 0. The van der Waals surface area contributed by atoms with Crippen LogP contribution in [0, 0.1) is 16.7 Å². The summed E-state index contributed by atoms with van der Waals surface area (Å²) in [6.45, 7) is 10.7. The number of Topliss-reactive ketones (excluding diaryl/α,β-unsaturated/α-hetero) is 1. The average Bonchev–Trinajstić information content (AvgIpc) is 1.79. The molecule has 0 amide bonds. The zero-order valence-corrected chi connectivity index (χ0v) is 9.61. The summed E-state index contributed by atoms with van der Waals surface area (Å²) in [4.78, 5) is 11.6. The van der Waals surface area contributed by atoms with Crippen molar-refractivity contribution in [2.24, 2.45) is 16.7 Å². The molecule has 0 N–H and O–H groups in total. The van der Waals surface area contributed by atoms with Gasteiger partial charge in [0.2, 0.25) is 0 Å². The quantitative estimate of drug-likeness (QED) is 0.607. The van der Waals surface area contributed by atoms with E-state index < -0.39 is 0 Å². The molecule has 0 aromatic rings. The first kappa shape index (κ1) is 10.7. The maximum absolute atomic E-state index is 11.6. The molecule has 0 spiro atoms. The lowest BCUT2D eigenvalue weighted by atomic mass is 9.60. The van der Waals surface area contributed by atoms with Gasteiger partial charge in [-0.1, -0.05) is 27.7 Å². The van der Waals surface area contributed by atoms with Crippen molar-refractivity contribution in [1.82, 2.24) is 0 Å². The minimum Gasteiger partial charge on any atom is -0.299 e. The summed E-state index contributed by atoms with van der Waals surface area (Å²) in [6.07, 6.45) is 3.39. The highest BCUT2D eigenvalue weighted by atomic mass is 16.1. The Morgan fingerprint density at radius 2 is 1.77 bits per heavy atom. The summed E-state index contributed by atoms with van der Waals surface area (Å²) in [5.74, 6) is 1.06. The Hall–Kier alpha value is -0.330. The van der Waals surface area contributed by atoms with Crippen molar-refractivity contribution in [2.75, 3.05) is 0 Å². The highest BCUT2D eigenvalue weighted by Gasteiger charge is 2.42. The molecule has 0 radical (unpaired) electrons. The largest absolute Gasteiger partial charge is 0.299 e. The van der Waals surface area contributed by atoms with Crippen LogP contribution < -0.4 is 0 Å². The Labute approximate surface area is 81.9 Å². The van der Waals surface area contributed by atoms with Crippen molar-refractivity contribution in [2.45, 2.75) is 53.9 Å². The zero-order chi connectivity index (χ0) is 10.3. The van der Waals surface area contributed by atoms with Gasteiger partial charge >= 0.3 is 0 Å². The van der Waals surface area contributed by atoms with Crippen molar-refractivity contribution in [3.05, 3.63) is 0 Å². The number of hydrogen-bond donors (Lipinski definition) is 0. The van der Waals surface area contributed by atoms with Crippen LogP contribution >= 0.6 is 0 Å². The van der Waals surface area contributed by atoms with E-state index in [4.69, 9.17) is 0 Å². The molecule has 0 aromatic heterocycles. The second-order valence-corrected chi connectivity index (χ2v) is 5.97. The Morgan fingerprint density at radius 3 is 2.15 bits per heavy atom. The Kier molecular flexibility index (Phi) is 2.57. The van der Waals surface area contributed by atoms with E-state index in [9.17, 15) is 4.79 Å². The van der Waals surface area contributed by atoms with Crippen molar-refractivity contribution >= 4 is 5.78 Å². The van der Waals surface area contributed by atoms with Crippen LogP contribution in [0.15, 0.2) is 0 Å². The van der Waals surface area contributed by atoms with Gasteiger partial charge < -0.3 is 0 Å². The fourth-order valence-corrected chi connectivity index (χ4v) is 3.25. The molecular weight excluding hydrogens is 160 g/mol. The predicted molar refractivity (Wildman–Crippen MR) is 55.6 cm³/mol. The molecule has 76 valence electrons. The normalized spacial score (nSPS) is 38.7. The highest BCUT2D eigenvalue weighted by Crippen LogP contribution is 2.48. The van der Waals surface area contributed by atoms with E-state index in [0.29, 0.717) is 17.1 Å². The summed E-state index contributed by atoms with van der Waals surface area (Å²) in [6, 6.07) is 0. The molecule has 1 aliphatic rings. The molecule has 0 saturated heterocycles. The van der Waals surface area contributed by atoms with Gasteiger partial charge in [0.25, 0.3) is 0 Å². The Balaban J connectivity index is 2.84. The molecule has 1 heteroatoms. The maximum atomic E-state index is 11.6. The van der Waals surface area contributed by atoms with Crippen LogP contribution in [0.25, 0.3) is 0 Å². The summed E-state index contributed by atoms with van der Waals surface area (Å²) >= 11 is 0. The molecule has 0 aromatic carbocycles. The smallest absolute Gasteiger partial charge is 0.135 e. The van der Waals surface area contributed by atoms with Crippen molar-refractivity contribution in [1.29, 1.82) is 0 Å². The zero-order valence-electron chi connectivity index (χ0n) is 9.61. The third kappa shape index (κ3) is 2.32. The van der Waals surface area contributed by atoms with Crippen molar-refractivity contribution in [3.63, 3.8) is 0 Å². The summed E-state index contributed by atoms with van der Waals surface area (Å²) < 4.78 is 0. The average molecular weight is 182 g/mol. The molecule has 2 atom stereocenters. The molecule has 0 bridgehead atoms. The SMILES string of the molecule is CC(=O)C1(C)CC(C)CC(C)(C)C1. The lowest BCUT2D eigenvalue weighted by Crippen LogP contribution is -2.39. The van der Waals surface area contributed by atoms with Gasteiger partial charge in [0.15, 0.2) is 0 Å². The van der Waals surface area contributed by atoms with E-state index in [0.717, 1.165) is 12.8 Å².